The maximum absolute atomic E-state index is 11.5. The minimum Gasteiger partial charge on any atom is -0.462 e. The second kappa shape index (κ2) is 4.45. The zero-order valence-corrected chi connectivity index (χ0v) is 8.82. The molecule has 80 valence electrons. The minimum atomic E-state index is -0.230. The van der Waals surface area contributed by atoms with Crippen molar-refractivity contribution in [2.45, 2.75) is 12.8 Å². The number of rotatable bonds is 3. The summed E-state index contributed by atoms with van der Waals surface area (Å²) in [4.78, 5) is 11.5. The molecule has 3 heteroatoms. The summed E-state index contributed by atoms with van der Waals surface area (Å²) < 4.78 is 4.96. The molecule has 0 aliphatic carbocycles. The lowest BCUT2D eigenvalue weighted by molar-refractivity contribution is 0.0526. The molecule has 0 radical (unpaired) electrons. The normalized spacial score (nSPS) is 15.8. The summed E-state index contributed by atoms with van der Waals surface area (Å²) in [5.41, 5.74) is 1.88. The van der Waals surface area contributed by atoms with E-state index in [4.69, 9.17) is 4.74 Å². The highest BCUT2D eigenvalue weighted by atomic mass is 16.5. The van der Waals surface area contributed by atoms with Crippen LogP contribution in [0.5, 0.6) is 0 Å². The number of benzene rings is 1. The molecule has 0 atom stereocenters. The first-order valence-electron chi connectivity index (χ1n) is 5.29. The number of nitrogens with one attached hydrogen (secondary N) is 1. The van der Waals surface area contributed by atoms with Gasteiger partial charge in [-0.1, -0.05) is 12.1 Å². The van der Waals surface area contributed by atoms with Gasteiger partial charge in [-0.2, -0.15) is 0 Å². The fourth-order valence-electron chi connectivity index (χ4n) is 1.66. The van der Waals surface area contributed by atoms with E-state index in [2.05, 4.69) is 11.4 Å². The third-order valence-corrected chi connectivity index (χ3v) is 2.65. The molecule has 1 aliphatic heterocycles. The van der Waals surface area contributed by atoms with Crippen LogP contribution in [0.2, 0.25) is 0 Å². The molecule has 0 spiro atoms. The van der Waals surface area contributed by atoms with Gasteiger partial charge < -0.3 is 10.1 Å². The SMILES string of the molecule is CCOC(=O)c1cccc(C2CNC2)c1. The van der Waals surface area contributed by atoms with Gasteiger partial charge in [-0.15, -0.1) is 0 Å². The summed E-state index contributed by atoms with van der Waals surface area (Å²) in [7, 11) is 0. The van der Waals surface area contributed by atoms with Crippen LogP contribution >= 0.6 is 0 Å². The van der Waals surface area contributed by atoms with Crippen molar-refractivity contribution in [3.63, 3.8) is 0 Å². The highest BCUT2D eigenvalue weighted by molar-refractivity contribution is 5.89. The summed E-state index contributed by atoms with van der Waals surface area (Å²) in [6.07, 6.45) is 0. The molecule has 0 bridgehead atoms. The molecular weight excluding hydrogens is 190 g/mol. The van der Waals surface area contributed by atoms with Crippen LogP contribution in [0.4, 0.5) is 0 Å². The molecular formula is C12H15NO2. The topological polar surface area (TPSA) is 38.3 Å². The largest absolute Gasteiger partial charge is 0.462 e. The fraction of sp³-hybridized carbons (Fsp3) is 0.417. The first-order chi connectivity index (χ1) is 7.31. The van der Waals surface area contributed by atoms with Crippen LogP contribution < -0.4 is 5.32 Å². The summed E-state index contributed by atoms with van der Waals surface area (Å²) in [6, 6.07) is 7.71. The first kappa shape index (κ1) is 10.2. The van der Waals surface area contributed by atoms with E-state index < -0.39 is 0 Å². The van der Waals surface area contributed by atoms with E-state index in [1.807, 2.05) is 19.1 Å². The predicted octanol–water partition coefficient (Wildman–Crippen LogP) is 1.55. The van der Waals surface area contributed by atoms with Crippen molar-refractivity contribution in [2.24, 2.45) is 0 Å². The number of hydrogen-bond acceptors (Lipinski definition) is 3. The molecule has 2 rings (SSSR count). The van der Waals surface area contributed by atoms with Crippen molar-refractivity contribution >= 4 is 5.97 Å². The van der Waals surface area contributed by atoms with Gasteiger partial charge in [-0.25, -0.2) is 4.79 Å². The van der Waals surface area contributed by atoms with Crippen LogP contribution in [0.3, 0.4) is 0 Å². The van der Waals surface area contributed by atoms with Crippen LogP contribution in [0, 0.1) is 0 Å². The lowest BCUT2D eigenvalue weighted by Gasteiger charge is -2.27. The molecule has 1 aromatic carbocycles. The van der Waals surface area contributed by atoms with Gasteiger partial charge in [0.2, 0.25) is 0 Å². The van der Waals surface area contributed by atoms with E-state index in [1.54, 1.807) is 6.07 Å². The number of ether oxygens (including phenoxy) is 1. The molecule has 15 heavy (non-hydrogen) atoms. The van der Waals surface area contributed by atoms with E-state index in [1.165, 1.54) is 5.56 Å². The van der Waals surface area contributed by atoms with E-state index in [0.717, 1.165) is 13.1 Å². The molecule has 1 N–H and O–H groups in total. The van der Waals surface area contributed by atoms with Crippen molar-refractivity contribution in [3.05, 3.63) is 35.4 Å². The second-order valence-corrected chi connectivity index (χ2v) is 3.70. The Bertz CT molecular complexity index is 358. The summed E-state index contributed by atoms with van der Waals surface area (Å²) >= 11 is 0. The molecule has 0 amide bonds. The van der Waals surface area contributed by atoms with Crippen LogP contribution in [0.1, 0.15) is 28.8 Å². The van der Waals surface area contributed by atoms with Gasteiger partial charge in [0.05, 0.1) is 12.2 Å². The van der Waals surface area contributed by atoms with E-state index in [9.17, 15) is 4.79 Å². The van der Waals surface area contributed by atoms with Crippen molar-refractivity contribution in [1.82, 2.24) is 5.32 Å². The Morgan fingerprint density at radius 3 is 2.93 bits per heavy atom. The molecule has 0 saturated carbocycles. The van der Waals surface area contributed by atoms with E-state index in [-0.39, 0.29) is 5.97 Å². The Hall–Kier alpha value is -1.35. The maximum atomic E-state index is 11.5. The molecule has 1 aromatic rings. The van der Waals surface area contributed by atoms with Gasteiger partial charge in [0, 0.05) is 19.0 Å². The van der Waals surface area contributed by atoms with Gasteiger partial charge in [0.1, 0.15) is 0 Å². The maximum Gasteiger partial charge on any atom is 0.338 e. The van der Waals surface area contributed by atoms with Crippen LogP contribution in [-0.2, 0) is 4.74 Å². The van der Waals surface area contributed by atoms with Crippen molar-refractivity contribution in [1.29, 1.82) is 0 Å². The third kappa shape index (κ3) is 2.18. The highest BCUT2D eigenvalue weighted by Crippen LogP contribution is 2.20. The predicted molar refractivity (Wildman–Crippen MR) is 58.0 cm³/mol. The monoisotopic (exact) mass is 205 g/mol. The van der Waals surface area contributed by atoms with Crippen molar-refractivity contribution in [3.8, 4) is 0 Å². The molecule has 1 aliphatic rings. The Labute approximate surface area is 89.4 Å². The number of esters is 1. The van der Waals surface area contributed by atoms with E-state index in [0.29, 0.717) is 18.1 Å². The van der Waals surface area contributed by atoms with Crippen LogP contribution in [0.15, 0.2) is 24.3 Å². The lowest BCUT2D eigenvalue weighted by Crippen LogP contribution is -2.39. The Kier molecular flexibility index (Phi) is 3.02. The molecule has 3 nitrogen and oxygen atoms in total. The first-order valence-corrected chi connectivity index (χ1v) is 5.29. The quantitative estimate of drug-likeness (QED) is 0.761. The molecule has 1 heterocycles. The van der Waals surface area contributed by atoms with Gasteiger partial charge in [-0.3, -0.25) is 0 Å². The van der Waals surface area contributed by atoms with Crippen LogP contribution in [-0.4, -0.2) is 25.7 Å². The number of carbonyl (C=O) groups excluding carboxylic acids is 1. The number of carbonyl (C=O) groups is 1. The van der Waals surface area contributed by atoms with Crippen LogP contribution in [0.25, 0.3) is 0 Å². The standard InChI is InChI=1S/C12H15NO2/c1-2-15-12(14)10-5-3-4-9(6-10)11-7-13-8-11/h3-6,11,13H,2,7-8H2,1H3. The summed E-state index contributed by atoms with van der Waals surface area (Å²) in [5.74, 6) is 0.325. The zero-order valence-electron chi connectivity index (χ0n) is 8.82. The average molecular weight is 205 g/mol. The van der Waals surface area contributed by atoms with Gasteiger partial charge in [-0.05, 0) is 24.6 Å². The Balaban J connectivity index is 2.14. The third-order valence-electron chi connectivity index (χ3n) is 2.65. The second-order valence-electron chi connectivity index (χ2n) is 3.70. The Morgan fingerprint density at radius 2 is 2.33 bits per heavy atom. The Morgan fingerprint density at radius 1 is 1.53 bits per heavy atom. The van der Waals surface area contributed by atoms with Gasteiger partial charge in [0.25, 0.3) is 0 Å². The molecule has 0 aromatic heterocycles. The molecule has 0 unspecified atom stereocenters. The smallest absolute Gasteiger partial charge is 0.338 e. The van der Waals surface area contributed by atoms with Gasteiger partial charge in [0.15, 0.2) is 0 Å². The highest BCUT2D eigenvalue weighted by Gasteiger charge is 2.19. The zero-order chi connectivity index (χ0) is 10.7. The average Bonchev–Trinajstić information content (AvgIpc) is 2.16. The fourth-order valence-corrected chi connectivity index (χ4v) is 1.66. The summed E-state index contributed by atoms with van der Waals surface area (Å²) in [5, 5.41) is 3.22. The lowest BCUT2D eigenvalue weighted by atomic mass is 9.92. The van der Waals surface area contributed by atoms with Gasteiger partial charge >= 0.3 is 5.97 Å². The summed E-state index contributed by atoms with van der Waals surface area (Å²) in [6.45, 7) is 4.25. The number of hydrogen-bond donors (Lipinski definition) is 1. The van der Waals surface area contributed by atoms with Crippen molar-refractivity contribution in [2.75, 3.05) is 19.7 Å². The van der Waals surface area contributed by atoms with E-state index >= 15 is 0 Å². The van der Waals surface area contributed by atoms with Crippen molar-refractivity contribution < 1.29 is 9.53 Å². The molecule has 1 fully saturated rings. The molecule has 1 saturated heterocycles. The minimum absolute atomic E-state index is 0.230.